The van der Waals surface area contributed by atoms with E-state index in [4.69, 9.17) is 45.9 Å². The van der Waals surface area contributed by atoms with Crippen LogP contribution in [0.4, 0.5) is 0 Å². The highest BCUT2D eigenvalue weighted by Crippen LogP contribution is 2.31. The molecule has 2 aromatic carbocycles. The van der Waals surface area contributed by atoms with Gasteiger partial charge in [-0.05, 0) is 48.9 Å². The molecule has 0 saturated carbocycles. The molecule has 0 aliphatic heterocycles. The molecule has 98 valence electrons. The largest absolute Gasteiger partial charge is 0.456 e. The van der Waals surface area contributed by atoms with Gasteiger partial charge in [-0.15, -0.1) is 0 Å². The molecule has 0 unspecified atom stereocenters. The van der Waals surface area contributed by atoms with Crippen LogP contribution in [-0.2, 0) is 0 Å². The molecule has 0 spiro atoms. The number of halogens is 2. The van der Waals surface area contributed by atoms with Crippen molar-refractivity contribution in [1.29, 1.82) is 0 Å². The van der Waals surface area contributed by atoms with E-state index in [1.54, 1.807) is 30.3 Å². The summed E-state index contributed by atoms with van der Waals surface area (Å²) in [5.41, 5.74) is 7.19. The van der Waals surface area contributed by atoms with E-state index in [1.807, 2.05) is 13.0 Å². The molecule has 0 heterocycles. The van der Waals surface area contributed by atoms with Gasteiger partial charge in [0.1, 0.15) is 16.5 Å². The predicted molar refractivity (Wildman–Crippen MR) is 83.6 cm³/mol. The average Bonchev–Trinajstić information content (AvgIpc) is 2.36. The quantitative estimate of drug-likeness (QED) is 0.832. The van der Waals surface area contributed by atoms with Crippen LogP contribution in [-0.4, -0.2) is 4.99 Å². The average molecular weight is 312 g/mol. The van der Waals surface area contributed by atoms with Gasteiger partial charge in [-0.2, -0.15) is 0 Å². The number of rotatable bonds is 3. The molecular weight excluding hydrogens is 301 g/mol. The van der Waals surface area contributed by atoms with E-state index in [9.17, 15) is 0 Å². The standard InChI is InChI=1S/C14H11Cl2NOS/c1-8-6-10(3-4-11(8)15)18-13-5-2-9(14(17)19)7-12(13)16/h2-7H,1H3,(H2,17,19). The van der Waals surface area contributed by atoms with Crippen molar-refractivity contribution in [3.63, 3.8) is 0 Å². The van der Waals surface area contributed by atoms with Gasteiger partial charge in [0.15, 0.2) is 0 Å². The SMILES string of the molecule is Cc1cc(Oc2ccc(C(N)=S)cc2Cl)ccc1Cl. The van der Waals surface area contributed by atoms with E-state index >= 15 is 0 Å². The first kappa shape index (κ1) is 14.1. The van der Waals surface area contributed by atoms with Crippen LogP contribution >= 0.6 is 35.4 Å². The van der Waals surface area contributed by atoms with Crippen LogP contribution in [0, 0.1) is 6.92 Å². The van der Waals surface area contributed by atoms with Crippen LogP contribution in [0.15, 0.2) is 36.4 Å². The summed E-state index contributed by atoms with van der Waals surface area (Å²) in [5, 5.41) is 1.15. The van der Waals surface area contributed by atoms with Crippen molar-refractivity contribution in [1.82, 2.24) is 0 Å². The lowest BCUT2D eigenvalue weighted by Gasteiger charge is -2.10. The van der Waals surface area contributed by atoms with Crippen molar-refractivity contribution in [2.24, 2.45) is 5.73 Å². The molecule has 2 aromatic rings. The van der Waals surface area contributed by atoms with Crippen LogP contribution in [0.2, 0.25) is 10.0 Å². The van der Waals surface area contributed by atoms with Gasteiger partial charge in [-0.3, -0.25) is 0 Å². The summed E-state index contributed by atoms with van der Waals surface area (Å²) in [7, 11) is 0. The Morgan fingerprint density at radius 3 is 2.42 bits per heavy atom. The fraction of sp³-hybridized carbons (Fsp3) is 0.0714. The Morgan fingerprint density at radius 1 is 1.11 bits per heavy atom. The van der Waals surface area contributed by atoms with E-state index in [0.29, 0.717) is 32.1 Å². The van der Waals surface area contributed by atoms with Crippen molar-refractivity contribution in [3.8, 4) is 11.5 Å². The third-order valence-corrected chi connectivity index (χ3v) is 3.53. The third kappa shape index (κ3) is 3.38. The summed E-state index contributed by atoms with van der Waals surface area (Å²) in [6, 6.07) is 10.6. The van der Waals surface area contributed by atoms with E-state index < -0.39 is 0 Å². The van der Waals surface area contributed by atoms with Gasteiger partial charge in [0.2, 0.25) is 0 Å². The third-order valence-electron chi connectivity index (χ3n) is 2.57. The monoisotopic (exact) mass is 311 g/mol. The number of ether oxygens (including phenoxy) is 1. The molecule has 2 N–H and O–H groups in total. The molecule has 5 heteroatoms. The number of hydrogen-bond donors (Lipinski definition) is 1. The van der Waals surface area contributed by atoms with Crippen molar-refractivity contribution >= 4 is 40.4 Å². The summed E-state index contributed by atoms with van der Waals surface area (Å²) < 4.78 is 5.71. The van der Waals surface area contributed by atoms with Crippen LogP contribution in [0.5, 0.6) is 11.5 Å². The lowest BCUT2D eigenvalue weighted by atomic mass is 10.2. The molecule has 0 amide bonds. The molecule has 0 radical (unpaired) electrons. The molecule has 0 aliphatic carbocycles. The number of thiocarbonyl (C=S) groups is 1. The lowest BCUT2D eigenvalue weighted by Crippen LogP contribution is -2.08. The molecule has 19 heavy (non-hydrogen) atoms. The molecule has 0 atom stereocenters. The zero-order valence-corrected chi connectivity index (χ0v) is 12.4. The molecule has 0 bridgehead atoms. The minimum absolute atomic E-state index is 0.302. The Labute approximate surface area is 127 Å². The second-order valence-corrected chi connectivity index (χ2v) is 5.28. The van der Waals surface area contributed by atoms with Crippen LogP contribution < -0.4 is 10.5 Å². The molecule has 0 aromatic heterocycles. The molecular formula is C14H11Cl2NOS. The van der Waals surface area contributed by atoms with Crippen LogP contribution in [0.1, 0.15) is 11.1 Å². The fourth-order valence-electron chi connectivity index (χ4n) is 1.54. The normalized spacial score (nSPS) is 10.3. The first-order valence-corrected chi connectivity index (χ1v) is 6.67. The zero-order valence-electron chi connectivity index (χ0n) is 10.1. The predicted octanol–water partition coefficient (Wildman–Crippen LogP) is 4.73. The Kier molecular flexibility index (Phi) is 4.30. The minimum atomic E-state index is 0.302. The van der Waals surface area contributed by atoms with Crippen molar-refractivity contribution in [3.05, 3.63) is 57.6 Å². The topological polar surface area (TPSA) is 35.2 Å². The maximum absolute atomic E-state index is 6.13. The Morgan fingerprint density at radius 2 is 1.84 bits per heavy atom. The summed E-state index contributed by atoms with van der Waals surface area (Å²) in [6.45, 7) is 1.91. The maximum atomic E-state index is 6.13. The van der Waals surface area contributed by atoms with Gasteiger partial charge in [0.25, 0.3) is 0 Å². The summed E-state index contributed by atoms with van der Waals surface area (Å²) in [5.74, 6) is 1.22. The number of hydrogen-bond acceptors (Lipinski definition) is 2. The summed E-state index contributed by atoms with van der Waals surface area (Å²) in [4.78, 5) is 0.302. The molecule has 2 nitrogen and oxygen atoms in total. The number of benzene rings is 2. The Balaban J connectivity index is 2.28. The fourth-order valence-corrected chi connectivity index (χ4v) is 2.01. The van der Waals surface area contributed by atoms with E-state index in [-0.39, 0.29) is 0 Å². The van der Waals surface area contributed by atoms with Gasteiger partial charge in [-0.25, -0.2) is 0 Å². The van der Waals surface area contributed by atoms with Gasteiger partial charge in [-0.1, -0.05) is 35.4 Å². The first-order valence-electron chi connectivity index (χ1n) is 5.51. The number of nitrogens with two attached hydrogens (primary N) is 1. The first-order chi connectivity index (χ1) is 8.97. The molecule has 0 saturated heterocycles. The van der Waals surface area contributed by atoms with Gasteiger partial charge in [0, 0.05) is 10.6 Å². The highest BCUT2D eigenvalue weighted by molar-refractivity contribution is 7.80. The van der Waals surface area contributed by atoms with Crippen molar-refractivity contribution < 1.29 is 4.74 Å². The van der Waals surface area contributed by atoms with Crippen molar-refractivity contribution in [2.45, 2.75) is 6.92 Å². The Bertz CT molecular complexity index is 643. The van der Waals surface area contributed by atoms with E-state index in [2.05, 4.69) is 0 Å². The van der Waals surface area contributed by atoms with E-state index in [0.717, 1.165) is 5.56 Å². The van der Waals surface area contributed by atoms with Gasteiger partial charge < -0.3 is 10.5 Å². The highest BCUT2D eigenvalue weighted by atomic mass is 35.5. The second-order valence-electron chi connectivity index (χ2n) is 4.02. The van der Waals surface area contributed by atoms with Gasteiger partial charge in [0.05, 0.1) is 5.02 Å². The molecule has 2 rings (SSSR count). The lowest BCUT2D eigenvalue weighted by molar-refractivity contribution is 0.482. The maximum Gasteiger partial charge on any atom is 0.146 e. The second kappa shape index (κ2) is 5.78. The van der Waals surface area contributed by atoms with Gasteiger partial charge >= 0.3 is 0 Å². The highest BCUT2D eigenvalue weighted by Gasteiger charge is 2.07. The summed E-state index contributed by atoms with van der Waals surface area (Å²) >= 11 is 17.0. The Hall–Kier alpha value is -1.29. The van der Waals surface area contributed by atoms with E-state index in [1.165, 1.54) is 0 Å². The molecule has 0 fully saturated rings. The number of aryl methyl sites for hydroxylation is 1. The van der Waals surface area contributed by atoms with Crippen molar-refractivity contribution in [2.75, 3.05) is 0 Å². The van der Waals surface area contributed by atoms with Crippen LogP contribution in [0.3, 0.4) is 0 Å². The summed E-state index contributed by atoms with van der Waals surface area (Å²) in [6.07, 6.45) is 0. The smallest absolute Gasteiger partial charge is 0.146 e. The zero-order chi connectivity index (χ0) is 14.0. The van der Waals surface area contributed by atoms with Crippen LogP contribution in [0.25, 0.3) is 0 Å². The minimum Gasteiger partial charge on any atom is -0.456 e. The molecule has 0 aliphatic rings.